The summed E-state index contributed by atoms with van der Waals surface area (Å²) in [6.07, 6.45) is 3.81. The number of furan rings is 1. The van der Waals surface area contributed by atoms with Crippen LogP contribution in [0.4, 0.5) is 0 Å². The Morgan fingerprint density at radius 1 is 1.67 bits per heavy atom. The zero-order valence-electron chi connectivity index (χ0n) is 8.34. The van der Waals surface area contributed by atoms with Gasteiger partial charge in [0.1, 0.15) is 16.6 Å². The minimum atomic E-state index is -0.0301. The number of hydrogen-bond donors (Lipinski definition) is 0. The number of carbonyl (C=O) groups excluding carboxylic acids is 1. The SMILES string of the molecule is CC(=O)C[C@@H](c1ccco1)c1nccs1. The zero-order valence-corrected chi connectivity index (χ0v) is 9.16. The minimum Gasteiger partial charge on any atom is -0.469 e. The lowest BCUT2D eigenvalue weighted by Gasteiger charge is -2.08. The van der Waals surface area contributed by atoms with Gasteiger partial charge in [0.05, 0.1) is 12.2 Å². The second kappa shape index (κ2) is 4.40. The lowest BCUT2D eigenvalue weighted by Crippen LogP contribution is -2.04. The van der Waals surface area contributed by atoms with Crippen molar-refractivity contribution in [3.8, 4) is 0 Å². The van der Waals surface area contributed by atoms with Crippen LogP contribution >= 0.6 is 11.3 Å². The van der Waals surface area contributed by atoms with Gasteiger partial charge >= 0.3 is 0 Å². The Hall–Kier alpha value is -1.42. The maximum absolute atomic E-state index is 11.2. The number of carbonyl (C=O) groups is 1. The average Bonchev–Trinajstić information content (AvgIpc) is 2.87. The van der Waals surface area contributed by atoms with E-state index in [9.17, 15) is 4.79 Å². The summed E-state index contributed by atoms with van der Waals surface area (Å²) < 4.78 is 5.33. The van der Waals surface area contributed by atoms with Crippen molar-refractivity contribution in [2.45, 2.75) is 19.3 Å². The Bertz CT molecular complexity index is 385. The molecule has 2 aromatic rings. The van der Waals surface area contributed by atoms with E-state index in [-0.39, 0.29) is 11.7 Å². The van der Waals surface area contributed by atoms with Crippen molar-refractivity contribution in [3.63, 3.8) is 0 Å². The van der Waals surface area contributed by atoms with Crippen LogP contribution < -0.4 is 0 Å². The molecule has 0 fully saturated rings. The van der Waals surface area contributed by atoms with Gasteiger partial charge in [0.15, 0.2) is 0 Å². The minimum absolute atomic E-state index is 0.0301. The molecule has 0 saturated heterocycles. The van der Waals surface area contributed by atoms with Gasteiger partial charge in [-0.25, -0.2) is 4.98 Å². The van der Waals surface area contributed by atoms with Gasteiger partial charge in [-0.15, -0.1) is 11.3 Å². The van der Waals surface area contributed by atoms with Gasteiger partial charge in [0.2, 0.25) is 0 Å². The van der Waals surface area contributed by atoms with E-state index in [0.717, 1.165) is 10.8 Å². The molecule has 2 rings (SSSR count). The highest BCUT2D eigenvalue weighted by atomic mass is 32.1. The van der Waals surface area contributed by atoms with Crippen LogP contribution in [0.5, 0.6) is 0 Å². The summed E-state index contributed by atoms with van der Waals surface area (Å²) in [4.78, 5) is 15.4. The lowest BCUT2D eigenvalue weighted by atomic mass is 10.0. The Balaban J connectivity index is 2.29. The van der Waals surface area contributed by atoms with Crippen molar-refractivity contribution in [1.82, 2.24) is 4.98 Å². The molecule has 0 saturated carbocycles. The third kappa shape index (κ3) is 2.33. The molecule has 0 spiro atoms. The molecular formula is C11H11NO2S. The molecule has 3 nitrogen and oxygen atoms in total. The molecule has 4 heteroatoms. The fraction of sp³-hybridized carbons (Fsp3) is 0.273. The van der Waals surface area contributed by atoms with Crippen LogP contribution in [0.15, 0.2) is 34.4 Å². The second-order valence-corrected chi connectivity index (χ2v) is 4.27. The predicted molar refractivity (Wildman–Crippen MR) is 58.0 cm³/mol. The first-order valence-electron chi connectivity index (χ1n) is 4.69. The number of hydrogen-bond acceptors (Lipinski definition) is 4. The van der Waals surface area contributed by atoms with Crippen LogP contribution in [0.1, 0.15) is 30.0 Å². The topological polar surface area (TPSA) is 43.1 Å². The summed E-state index contributed by atoms with van der Waals surface area (Å²) in [5, 5.41) is 2.84. The van der Waals surface area contributed by atoms with Crippen molar-refractivity contribution in [2.24, 2.45) is 0 Å². The summed E-state index contributed by atoms with van der Waals surface area (Å²) >= 11 is 1.55. The third-order valence-corrected chi connectivity index (χ3v) is 3.02. The average molecular weight is 221 g/mol. The number of thiazole rings is 1. The van der Waals surface area contributed by atoms with Crippen molar-refractivity contribution in [1.29, 1.82) is 0 Å². The van der Waals surface area contributed by atoms with Crippen LogP contribution in [-0.2, 0) is 4.79 Å². The molecule has 0 aromatic carbocycles. The van der Waals surface area contributed by atoms with Gasteiger partial charge in [0, 0.05) is 18.0 Å². The van der Waals surface area contributed by atoms with Crippen LogP contribution in [-0.4, -0.2) is 10.8 Å². The van der Waals surface area contributed by atoms with Crippen molar-refractivity contribution in [2.75, 3.05) is 0 Å². The lowest BCUT2D eigenvalue weighted by molar-refractivity contribution is -0.117. The number of aromatic nitrogens is 1. The first-order chi connectivity index (χ1) is 7.27. The summed E-state index contributed by atoms with van der Waals surface area (Å²) in [5.74, 6) is 0.921. The summed E-state index contributed by atoms with van der Waals surface area (Å²) in [6.45, 7) is 1.59. The van der Waals surface area contributed by atoms with Crippen LogP contribution in [0.2, 0.25) is 0 Å². The molecule has 1 atom stereocenters. The van der Waals surface area contributed by atoms with E-state index in [1.165, 1.54) is 0 Å². The van der Waals surface area contributed by atoms with Gasteiger partial charge in [0.25, 0.3) is 0 Å². The van der Waals surface area contributed by atoms with Crippen LogP contribution in [0.25, 0.3) is 0 Å². The summed E-state index contributed by atoms with van der Waals surface area (Å²) in [6, 6.07) is 3.71. The highest BCUT2D eigenvalue weighted by Crippen LogP contribution is 2.29. The van der Waals surface area contributed by atoms with Gasteiger partial charge < -0.3 is 4.42 Å². The fourth-order valence-corrected chi connectivity index (χ4v) is 2.24. The van der Waals surface area contributed by atoms with Gasteiger partial charge in [-0.05, 0) is 19.1 Å². The highest BCUT2D eigenvalue weighted by Gasteiger charge is 2.20. The maximum atomic E-state index is 11.2. The van der Waals surface area contributed by atoms with E-state index in [1.807, 2.05) is 17.5 Å². The smallest absolute Gasteiger partial charge is 0.130 e. The van der Waals surface area contributed by atoms with E-state index in [1.54, 1.807) is 30.7 Å². The van der Waals surface area contributed by atoms with Crippen molar-refractivity contribution in [3.05, 3.63) is 40.7 Å². The molecule has 0 N–H and O–H groups in total. The first-order valence-corrected chi connectivity index (χ1v) is 5.57. The van der Waals surface area contributed by atoms with Crippen LogP contribution in [0.3, 0.4) is 0 Å². The zero-order chi connectivity index (χ0) is 10.7. The molecule has 0 amide bonds. The maximum Gasteiger partial charge on any atom is 0.130 e. The van der Waals surface area contributed by atoms with E-state index >= 15 is 0 Å². The Labute approximate surface area is 91.8 Å². The molecule has 0 aliphatic heterocycles. The standard InChI is InChI=1S/C11H11NO2S/c1-8(13)7-9(10-3-2-5-14-10)11-12-4-6-15-11/h2-6,9H,7H2,1H3/t9-/m0/s1. The Morgan fingerprint density at radius 2 is 2.53 bits per heavy atom. The largest absolute Gasteiger partial charge is 0.469 e. The second-order valence-electron chi connectivity index (χ2n) is 3.34. The molecule has 78 valence electrons. The van der Waals surface area contributed by atoms with E-state index in [4.69, 9.17) is 4.42 Å². The molecule has 2 aromatic heterocycles. The highest BCUT2D eigenvalue weighted by molar-refractivity contribution is 7.09. The normalized spacial score (nSPS) is 12.6. The predicted octanol–water partition coefficient (Wildman–Crippen LogP) is 2.85. The fourth-order valence-electron chi connectivity index (χ4n) is 1.49. The van der Waals surface area contributed by atoms with Crippen LogP contribution in [0, 0.1) is 0 Å². The molecular weight excluding hydrogens is 210 g/mol. The number of ketones is 1. The summed E-state index contributed by atoms with van der Waals surface area (Å²) in [5.41, 5.74) is 0. The monoisotopic (exact) mass is 221 g/mol. The van der Waals surface area contributed by atoms with Gasteiger partial charge in [-0.3, -0.25) is 4.79 Å². The molecule has 15 heavy (non-hydrogen) atoms. The Kier molecular flexibility index (Phi) is 2.97. The van der Waals surface area contributed by atoms with E-state index in [0.29, 0.717) is 6.42 Å². The van der Waals surface area contributed by atoms with Gasteiger partial charge in [-0.1, -0.05) is 0 Å². The van der Waals surface area contributed by atoms with Crippen molar-refractivity contribution < 1.29 is 9.21 Å². The number of rotatable bonds is 4. The Morgan fingerprint density at radius 3 is 3.07 bits per heavy atom. The molecule has 0 aliphatic rings. The first kappa shape index (κ1) is 10.1. The van der Waals surface area contributed by atoms with Crippen molar-refractivity contribution >= 4 is 17.1 Å². The van der Waals surface area contributed by atoms with E-state index < -0.39 is 0 Å². The van der Waals surface area contributed by atoms with Gasteiger partial charge in [-0.2, -0.15) is 0 Å². The third-order valence-electron chi connectivity index (χ3n) is 2.13. The quantitative estimate of drug-likeness (QED) is 0.797. The van der Waals surface area contributed by atoms with E-state index in [2.05, 4.69) is 4.98 Å². The molecule has 0 aliphatic carbocycles. The summed E-state index contributed by atoms with van der Waals surface area (Å²) in [7, 11) is 0. The molecule has 0 bridgehead atoms. The molecule has 0 unspecified atom stereocenters. The number of Topliss-reactive ketones (excluding diaryl/α,β-unsaturated/α-hetero) is 1. The molecule has 0 radical (unpaired) electrons. The molecule has 2 heterocycles. The number of nitrogens with zero attached hydrogens (tertiary/aromatic N) is 1.